The van der Waals surface area contributed by atoms with E-state index in [9.17, 15) is 0 Å². The fourth-order valence-electron chi connectivity index (χ4n) is 2.61. The van der Waals surface area contributed by atoms with E-state index in [0.717, 1.165) is 24.3 Å². The Morgan fingerprint density at radius 3 is 1.76 bits per heavy atom. The molecule has 0 N–H and O–H groups in total. The molecule has 2 aromatic rings. The van der Waals surface area contributed by atoms with Gasteiger partial charge in [0.1, 0.15) is 0 Å². The van der Waals surface area contributed by atoms with Crippen LogP contribution in [0.25, 0.3) is 5.57 Å². The van der Waals surface area contributed by atoms with Gasteiger partial charge in [-0.1, -0.05) is 100 Å². The van der Waals surface area contributed by atoms with E-state index >= 15 is 0 Å². The number of benzene rings is 1. The Bertz CT molecular complexity index is 849. The first kappa shape index (κ1) is 24.5. The van der Waals surface area contributed by atoms with Crippen LogP contribution in [0.4, 0.5) is 5.69 Å². The molecule has 0 radical (unpaired) electrons. The van der Waals surface area contributed by atoms with Gasteiger partial charge in [0.05, 0.1) is 0 Å². The zero-order valence-electron chi connectivity index (χ0n) is 15.6. The molecule has 10 heteroatoms. The van der Waals surface area contributed by atoms with E-state index in [-0.39, 0.29) is 17.5 Å². The third-order valence-corrected chi connectivity index (χ3v) is 4.99. The summed E-state index contributed by atoms with van der Waals surface area (Å²) < 4.78 is -3.84. The van der Waals surface area contributed by atoms with Crippen molar-refractivity contribution in [3.8, 4) is 0 Å². The molecule has 0 spiro atoms. The summed E-state index contributed by atoms with van der Waals surface area (Å²) in [6, 6.07) is 7.89. The minimum Gasteiger partial charge on any atom is -0.372 e. The molecular weight excluding hydrogens is 497 g/mol. The van der Waals surface area contributed by atoms with Gasteiger partial charge < -0.3 is 4.90 Å². The molecule has 0 saturated heterocycles. The van der Waals surface area contributed by atoms with Crippen molar-refractivity contribution in [1.82, 2.24) is 15.0 Å². The van der Waals surface area contributed by atoms with E-state index in [1.54, 1.807) is 12.2 Å². The molecule has 0 aliphatic heterocycles. The van der Waals surface area contributed by atoms with Crippen molar-refractivity contribution >= 4 is 80.9 Å². The number of rotatable bonds is 6. The summed E-state index contributed by atoms with van der Waals surface area (Å²) in [6.45, 7) is 9.75. The molecule has 0 fully saturated rings. The number of halogens is 6. The maximum absolute atomic E-state index is 5.97. The summed E-state index contributed by atoms with van der Waals surface area (Å²) in [4.78, 5) is 14.8. The average molecular weight is 515 g/mol. The second kappa shape index (κ2) is 10.0. The van der Waals surface area contributed by atoms with Gasteiger partial charge in [0.15, 0.2) is 17.5 Å². The first-order valence-corrected chi connectivity index (χ1v) is 10.9. The predicted molar refractivity (Wildman–Crippen MR) is 126 cm³/mol. The highest BCUT2D eigenvalue weighted by Crippen LogP contribution is 2.40. The third kappa shape index (κ3) is 6.36. The summed E-state index contributed by atoms with van der Waals surface area (Å²) in [5.41, 5.74) is 2.52. The van der Waals surface area contributed by atoms with Crippen LogP contribution in [-0.4, -0.2) is 28.0 Å². The van der Waals surface area contributed by atoms with E-state index in [1.165, 1.54) is 0 Å². The van der Waals surface area contributed by atoms with Crippen LogP contribution >= 0.6 is 69.6 Å². The van der Waals surface area contributed by atoms with E-state index < -0.39 is 7.59 Å². The minimum absolute atomic E-state index is 0.149. The van der Waals surface area contributed by atoms with E-state index in [1.807, 2.05) is 24.3 Å². The number of anilines is 1. The molecule has 1 aromatic heterocycles. The van der Waals surface area contributed by atoms with Gasteiger partial charge in [-0.2, -0.15) is 0 Å². The number of nitrogens with zero attached hydrogens (tertiary/aromatic N) is 4. The maximum atomic E-state index is 5.97. The van der Waals surface area contributed by atoms with Gasteiger partial charge in [-0.05, 0) is 31.5 Å². The van der Waals surface area contributed by atoms with Crippen LogP contribution < -0.4 is 4.90 Å². The van der Waals surface area contributed by atoms with Crippen LogP contribution in [0.15, 0.2) is 43.0 Å². The summed E-state index contributed by atoms with van der Waals surface area (Å²) in [7, 11) is 0. The summed E-state index contributed by atoms with van der Waals surface area (Å²) >= 11 is 35.8. The third-order valence-electron chi connectivity index (χ3n) is 3.97. The average Bonchev–Trinajstić information content (AvgIpc) is 2.66. The van der Waals surface area contributed by atoms with Crippen molar-refractivity contribution in [1.29, 1.82) is 0 Å². The summed E-state index contributed by atoms with van der Waals surface area (Å²) in [6.07, 6.45) is 3.33. The zero-order chi connectivity index (χ0) is 21.8. The van der Waals surface area contributed by atoms with E-state index in [4.69, 9.17) is 69.6 Å². The number of hydrogen-bond acceptors (Lipinski definition) is 4. The van der Waals surface area contributed by atoms with Crippen LogP contribution in [0.3, 0.4) is 0 Å². The molecule has 0 unspecified atom stereocenters. The van der Waals surface area contributed by atoms with Gasteiger partial charge >= 0.3 is 0 Å². The molecule has 4 nitrogen and oxygen atoms in total. The minimum atomic E-state index is -1.92. The standard InChI is InChI=1S/C19H18Cl6N4/c1-4-7-14(12-8-10-13(11-9-12)29(5-2)6-3)15-26-16(18(20,21)22)28-17(27-15)19(23,24)25/h4,7-11H,1,5-6H2,2-3H3/b14-7+. The Morgan fingerprint density at radius 2 is 1.38 bits per heavy atom. The first-order chi connectivity index (χ1) is 13.5. The van der Waals surface area contributed by atoms with Crippen molar-refractivity contribution in [2.45, 2.75) is 21.4 Å². The first-order valence-electron chi connectivity index (χ1n) is 8.60. The molecule has 1 heterocycles. The van der Waals surface area contributed by atoms with Gasteiger partial charge in [-0.3, -0.25) is 0 Å². The van der Waals surface area contributed by atoms with Gasteiger partial charge in [0.25, 0.3) is 0 Å². The van der Waals surface area contributed by atoms with E-state index in [2.05, 4.69) is 40.3 Å². The van der Waals surface area contributed by atoms with Crippen molar-refractivity contribution in [2.75, 3.05) is 18.0 Å². The lowest BCUT2D eigenvalue weighted by molar-refractivity contribution is 0.831. The van der Waals surface area contributed by atoms with Crippen LogP contribution in [0.5, 0.6) is 0 Å². The predicted octanol–water partition coefficient (Wildman–Crippen LogP) is 6.99. The number of hydrogen-bond donors (Lipinski definition) is 0. The lowest BCUT2D eigenvalue weighted by atomic mass is 10.0. The number of alkyl halides is 6. The Hall–Kier alpha value is -0.750. The quantitative estimate of drug-likeness (QED) is 0.308. The summed E-state index contributed by atoms with van der Waals surface area (Å²) in [5, 5.41) is 0. The molecule has 0 bridgehead atoms. The highest BCUT2D eigenvalue weighted by Gasteiger charge is 2.34. The van der Waals surface area contributed by atoms with E-state index in [0.29, 0.717) is 5.57 Å². The molecular formula is C19H18Cl6N4. The summed E-state index contributed by atoms with van der Waals surface area (Å²) in [5.74, 6) is -0.106. The molecule has 0 saturated carbocycles. The van der Waals surface area contributed by atoms with Crippen molar-refractivity contribution in [2.24, 2.45) is 0 Å². The fraction of sp³-hybridized carbons (Fsp3) is 0.316. The SMILES string of the molecule is C=C/C=C(\c1ccc(N(CC)CC)cc1)c1nc(C(Cl)(Cl)Cl)nc(C(Cl)(Cl)Cl)n1. The Kier molecular flexibility index (Phi) is 8.49. The Balaban J connectivity index is 2.61. The van der Waals surface area contributed by atoms with Crippen molar-refractivity contribution in [3.05, 3.63) is 66.0 Å². The molecule has 2 rings (SSSR count). The van der Waals surface area contributed by atoms with Crippen LogP contribution in [-0.2, 0) is 7.59 Å². The molecule has 29 heavy (non-hydrogen) atoms. The second-order valence-corrected chi connectivity index (χ2v) is 10.4. The van der Waals surface area contributed by atoms with Gasteiger partial charge in [0, 0.05) is 24.4 Å². The monoisotopic (exact) mass is 512 g/mol. The van der Waals surface area contributed by atoms with Gasteiger partial charge in [0.2, 0.25) is 7.59 Å². The molecule has 0 aliphatic carbocycles. The second-order valence-electron chi connectivity index (χ2n) is 5.84. The van der Waals surface area contributed by atoms with Crippen LogP contribution in [0, 0.1) is 0 Å². The molecule has 0 amide bonds. The largest absolute Gasteiger partial charge is 0.372 e. The molecule has 0 atom stereocenters. The topological polar surface area (TPSA) is 41.9 Å². The molecule has 156 valence electrons. The molecule has 0 aliphatic rings. The number of aromatic nitrogens is 3. The fourth-order valence-corrected chi connectivity index (χ4v) is 3.12. The van der Waals surface area contributed by atoms with Crippen molar-refractivity contribution in [3.63, 3.8) is 0 Å². The maximum Gasteiger partial charge on any atom is 0.250 e. The van der Waals surface area contributed by atoms with Crippen LogP contribution in [0.2, 0.25) is 0 Å². The normalized spacial score (nSPS) is 12.8. The molecule has 1 aromatic carbocycles. The van der Waals surface area contributed by atoms with Gasteiger partial charge in [-0.25, -0.2) is 15.0 Å². The Labute approximate surface area is 200 Å². The van der Waals surface area contributed by atoms with Gasteiger partial charge in [-0.15, -0.1) is 0 Å². The lowest BCUT2D eigenvalue weighted by Crippen LogP contribution is -2.21. The lowest BCUT2D eigenvalue weighted by Gasteiger charge is -2.21. The van der Waals surface area contributed by atoms with Crippen molar-refractivity contribution < 1.29 is 0 Å². The Morgan fingerprint density at radius 1 is 0.897 bits per heavy atom. The number of allylic oxidation sites excluding steroid dienone is 2. The van der Waals surface area contributed by atoms with Crippen LogP contribution in [0.1, 0.15) is 36.9 Å². The smallest absolute Gasteiger partial charge is 0.250 e. The highest BCUT2D eigenvalue weighted by molar-refractivity contribution is 6.67. The highest BCUT2D eigenvalue weighted by atomic mass is 35.6. The zero-order valence-corrected chi connectivity index (χ0v) is 20.2.